The predicted molar refractivity (Wildman–Crippen MR) is 75.6 cm³/mol. The number of carbonyl (C=O) groups is 3. The van der Waals surface area contributed by atoms with E-state index in [0.717, 1.165) is 0 Å². The number of likely N-dealkylation sites (tertiary alicyclic amines) is 1. The monoisotopic (exact) mass is 300 g/mol. The first-order valence-corrected chi connectivity index (χ1v) is 7.06. The molecule has 0 bridgehead atoms. The zero-order chi connectivity index (χ0) is 16.2. The van der Waals surface area contributed by atoms with E-state index in [4.69, 9.17) is 9.47 Å². The Labute approximate surface area is 125 Å². The van der Waals surface area contributed by atoms with Crippen molar-refractivity contribution in [2.24, 2.45) is 0 Å². The summed E-state index contributed by atoms with van der Waals surface area (Å²) in [5, 5.41) is 0. The Balaban J connectivity index is 2.60. The van der Waals surface area contributed by atoms with Crippen molar-refractivity contribution in [3.63, 3.8) is 0 Å². The maximum Gasteiger partial charge on any atom is 0.410 e. The van der Waals surface area contributed by atoms with Crippen molar-refractivity contribution < 1.29 is 23.9 Å². The summed E-state index contributed by atoms with van der Waals surface area (Å²) < 4.78 is 10.1. The summed E-state index contributed by atoms with van der Waals surface area (Å²) in [7, 11) is 1.53. The molecule has 0 aromatic rings. The van der Waals surface area contributed by atoms with Crippen LogP contribution in [0.15, 0.2) is 0 Å². The summed E-state index contributed by atoms with van der Waals surface area (Å²) in [6.45, 7) is 7.64. The number of nitrogens with zero attached hydrogens (tertiary/aromatic N) is 2. The van der Waals surface area contributed by atoms with Gasteiger partial charge in [-0.1, -0.05) is 0 Å². The lowest BCUT2D eigenvalue weighted by atomic mass is 10.2. The van der Waals surface area contributed by atoms with Crippen LogP contribution in [0.25, 0.3) is 0 Å². The molecule has 2 amide bonds. The number of hydrogen-bond acceptors (Lipinski definition) is 5. The van der Waals surface area contributed by atoms with Gasteiger partial charge in [0.05, 0.1) is 6.61 Å². The fraction of sp³-hybridized carbons (Fsp3) is 0.786. The first-order valence-electron chi connectivity index (χ1n) is 7.06. The van der Waals surface area contributed by atoms with Crippen LogP contribution in [0, 0.1) is 0 Å². The van der Waals surface area contributed by atoms with E-state index in [2.05, 4.69) is 0 Å². The average molecular weight is 300 g/mol. The third-order valence-electron chi connectivity index (χ3n) is 3.04. The molecule has 120 valence electrons. The second-order valence-corrected chi connectivity index (χ2v) is 5.96. The maximum absolute atomic E-state index is 12.2. The van der Waals surface area contributed by atoms with E-state index in [1.54, 1.807) is 27.7 Å². The molecule has 1 fully saturated rings. The molecule has 21 heavy (non-hydrogen) atoms. The molecular weight excluding hydrogens is 276 g/mol. The highest BCUT2D eigenvalue weighted by molar-refractivity contribution is 5.90. The Morgan fingerprint density at radius 3 is 2.52 bits per heavy atom. The minimum Gasteiger partial charge on any atom is -0.465 e. The molecular formula is C14H24N2O5. The van der Waals surface area contributed by atoms with Crippen LogP contribution in [0.1, 0.15) is 34.1 Å². The fourth-order valence-electron chi connectivity index (χ4n) is 2.06. The number of hydrogen-bond donors (Lipinski definition) is 0. The second-order valence-electron chi connectivity index (χ2n) is 5.96. The highest BCUT2D eigenvalue weighted by atomic mass is 16.6. The van der Waals surface area contributed by atoms with E-state index in [1.165, 1.54) is 16.8 Å². The zero-order valence-corrected chi connectivity index (χ0v) is 13.3. The standard InChI is InChI=1S/C14H24N2O5/c1-6-20-11(17)9-16-8-7-10(12(16)18)15(5)13(19)21-14(2,3)4/h10H,6-9H2,1-5H3/t10-/m0/s1. The molecule has 1 atom stereocenters. The van der Waals surface area contributed by atoms with Crippen LogP contribution in [0.5, 0.6) is 0 Å². The van der Waals surface area contributed by atoms with Gasteiger partial charge in [-0.15, -0.1) is 0 Å². The molecule has 0 aliphatic carbocycles. The largest absolute Gasteiger partial charge is 0.465 e. The Kier molecular flexibility index (Phi) is 5.57. The van der Waals surface area contributed by atoms with Crippen molar-refractivity contribution in [1.29, 1.82) is 0 Å². The van der Waals surface area contributed by atoms with E-state index in [0.29, 0.717) is 13.0 Å². The lowest BCUT2D eigenvalue weighted by Gasteiger charge is -2.27. The van der Waals surface area contributed by atoms with Crippen LogP contribution in [0.4, 0.5) is 4.79 Å². The van der Waals surface area contributed by atoms with Gasteiger partial charge in [-0.05, 0) is 34.1 Å². The summed E-state index contributed by atoms with van der Waals surface area (Å²) in [6, 6.07) is -0.589. The van der Waals surface area contributed by atoms with Crippen molar-refractivity contribution in [2.75, 3.05) is 26.7 Å². The van der Waals surface area contributed by atoms with Gasteiger partial charge in [-0.3, -0.25) is 14.5 Å². The normalized spacial score (nSPS) is 18.6. The molecule has 0 spiro atoms. The third-order valence-corrected chi connectivity index (χ3v) is 3.04. The highest BCUT2D eigenvalue weighted by Crippen LogP contribution is 2.18. The first-order chi connectivity index (χ1) is 9.65. The molecule has 1 aliphatic rings. The molecule has 1 heterocycles. The summed E-state index contributed by atoms with van der Waals surface area (Å²) in [5.41, 5.74) is -0.613. The van der Waals surface area contributed by atoms with Crippen molar-refractivity contribution in [3.05, 3.63) is 0 Å². The van der Waals surface area contributed by atoms with E-state index in [1.807, 2.05) is 0 Å². The molecule has 7 nitrogen and oxygen atoms in total. The third kappa shape index (κ3) is 4.91. The summed E-state index contributed by atoms with van der Waals surface area (Å²) in [6.07, 6.45) is -0.0626. The molecule has 1 aliphatic heterocycles. The minimum absolute atomic E-state index is 0.0780. The van der Waals surface area contributed by atoms with Gasteiger partial charge in [0.1, 0.15) is 18.2 Å². The molecule has 0 saturated carbocycles. The van der Waals surface area contributed by atoms with Gasteiger partial charge in [0.25, 0.3) is 0 Å². The van der Waals surface area contributed by atoms with Crippen molar-refractivity contribution in [3.8, 4) is 0 Å². The first kappa shape index (κ1) is 17.3. The van der Waals surface area contributed by atoms with Gasteiger partial charge in [-0.25, -0.2) is 4.79 Å². The van der Waals surface area contributed by atoms with Crippen molar-refractivity contribution >= 4 is 18.0 Å². The number of ether oxygens (including phenoxy) is 2. The molecule has 0 aromatic heterocycles. The summed E-state index contributed by atoms with van der Waals surface area (Å²) in [5.74, 6) is -0.692. The maximum atomic E-state index is 12.2. The highest BCUT2D eigenvalue weighted by Gasteiger charge is 2.38. The van der Waals surface area contributed by atoms with Gasteiger partial charge in [0, 0.05) is 13.6 Å². The van der Waals surface area contributed by atoms with Crippen molar-refractivity contribution in [2.45, 2.75) is 45.8 Å². The van der Waals surface area contributed by atoms with Gasteiger partial charge in [0.2, 0.25) is 5.91 Å². The molecule has 0 unspecified atom stereocenters. The number of carbonyl (C=O) groups excluding carboxylic acids is 3. The fourth-order valence-corrected chi connectivity index (χ4v) is 2.06. The Morgan fingerprint density at radius 2 is 2.00 bits per heavy atom. The number of esters is 1. The van der Waals surface area contributed by atoms with Gasteiger partial charge in [-0.2, -0.15) is 0 Å². The van der Waals surface area contributed by atoms with Crippen LogP contribution in [-0.2, 0) is 19.1 Å². The SMILES string of the molecule is CCOC(=O)CN1CC[C@H](N(C)C(=O)OC(C)(C)C)C1=O. The van der Waals surface area contributed by atoms with E-state index in [9.17, 15) is 14.4 Å². The van der Waals surface area contributed by atoms with Gasteiger partial charge < -0.3 is 14.4 Å². The van der Waals surface area contributed by atoms with Crippen LogP contribution in [-0.4, -0.2) is 66.2 Å². The molecule has 7 heteroatoms. The molecule has 0 radical (unpaired) electrons. The quantitative estimate of drug-likeness (QED) is 0.724. The number of amides is 2. The molecule has 1 saturated heterocycles. The summed E-state index contributed by atoms with van der Waals surface area (Å²) >= 11 is 0. The molecule has 1 rings (SSSR count). The number of likely N-dealkylation sites (N-methyl/N-ethyl adjacent to an activating group) is 1. The lowest BCUT2D eigenvalue weighted by Crippen LogP contribution is -2.45. The van der Waals surface area contributed by atoms with Crippen LogP contribution in [0.3, 0.4) is 0 Å². The van der Waals surface area contributed by atoms with E-state index >= 15 is 0 Å². The summed E-state index contributed by atoms with van der Waals surface area (Å²) in [4.78, 5) is 38.3. The Bertz CT molecular complexity index is 416. The number of rotatable bonds is 4. The van der Waals surface area contributed by atoms with Crippen molar-refractivity contribution in [1.82, 2.24) is 9.80 Å². The van der Waals surface area contributed by atoms with E-state index in [-0.39, 0.29) is 19.1 Å². The Morgan fingerprint density at radius 1 is 1.38 bits per heavy atom. The predicted octanol–water partition coefficient (Wildman–Crippen LogP) is 1.02. The van der Waals surface area contributed by atoms with E-state index < -0.39 is 23.7 Å². The second kappa shape index (κ2) is 6.78. The topological polar surface area (TPSA) is 76.2 Å². The van der Waals surface area contributed by atoms with Gasteiger partial charge >= 0.3 is 12.1 Å². The average Bonchev–Trinajstić information content (AvgIpc) is 2.68. The zero-order valence-electron chi connectivity index (χ0n) is 13.3. The smallest absolute Gasteiger partial charge is 0.410 e. The lowest BCUT2D eigenvalue weighted by molar-refractivity contribution is -0.148. The Hall–Kier alpha value is -1.79. The molecule has 0 aromatic carbocycles. The van der Waals surface area contributed by atoms with Gasteiger partial charge in [0.15, 0.2) is 0 Å². The molecule has 0 N–H and O–H groups in total. The van der Waals surface area contributed by atoms with Crippen LogP contribution >= 0.6 is 0 Å². The van der Waals surface area contributed by atoms with Crippen LogP contribution in [0.2, 0.25) is 0 Å². The minimum atomic E-state index is -0.613. The van der Waals surface area contributed by atoms with Crippen LogP contribution < -0.4 is 0 Å².